The van der Waals surface area contributed by atoms with Gasteiger partial charge in [-0.05, 0) is 93.2 Å². The van der Waals surface area contributed by atoms with Gasteiger partial charge < -0.3 is 10.1 Å². The number of rotatable bonds is 7. The Hall–Kier alpha value is -2.68. The molecule has 0 unspecified atom stereocenters. The zero-order valence-corrected chi connectivity index (χ0v) is 21.7. The topological polar surface area (TPSA) is 79.8 Å². The summed E-state index contributed by atoms with van der Waals surface area (Å²) in [6.45, 7) is 3.65. The van der Waals surface area contributed by atoms with Gasteiger partial charge in [-0.3, -0.25) is 9.59 Å². The summed E-state index contributed by atoms with van der Waals surface area (Å²) in [5, 5.41) is 7.33. The number of halogens is 3. The highest BCUT2D eigenvalue weighted by atomic mass is 79.9. The van der Waals surface area contributed by atoms with Crippen molar-refractivity contribution in [3.05, 3.63) is 90.8 Å². The van der Waals surface area contributed by atoms with Gasteiger partial charge in [-0.15, -0.1) is 0 Å². The monoisotopic (exact) mass is 591 g/mol. The Morgan fingerprint density at radius 1 is 1.03 bits per heavy atom. The third-order valence-electron chi connectivity index (χ3n) is 4.52. The molecule has 2 amide bonds. The van der Waals surface area contributed by atoms with Crippen LogP contribution in [-0.4, -0.2) is 24.6 Å². The van der Waals surface area contributed by atoms with Crippen LogP contribution in [0.1, 0.15) is 27.0 Å². The van der Waals surface area contributed by atoms with Crippen LogP contribution in [0.15, 0.2) is 68.6 Å². The molecule has 6 nitrogen and oxygen atoms in total. The lowest BCUT2D eigenvalue weighted by molar-refractivity contribution is -0.118. The van der Waals surface area contributed by atoms with E-state index in [1.54, 1.807) is 36.4 Å². The highest BCUT2D eigenvalue weighted by Crippen LogP contribution is 2.34. The molecule has 3 rings (SSSR count). The molecule has 0 spiro atoms. The molecule has 0 radical (unpaired) electrons. The predicted octanol–water partition coefficient (Wildman–Crippen LogP) is 6.26. The quantitative estimate of drug-likeness (QED) is 0.251. The molecule has 0 heterocycles. The number of nitrogens with one attached hydrogen (secondary N) is 2. The van der Waals surface area contributed by atoms with E-state index in [0.29, 0.717) is 36.5 Å². The van der Waals surface area contributed by atoms with Gasteiger partial charge >= 0.3 is 0 Å². The first-order valence-corrected chi connectivity index (χ1v) is 11.8. The number of carbonyl (C=O) groups is 2. The lowest BCUT2D eigenvalue weighted by atomic mass is 10.1. The van der Waals surface area contributed by atoms with E-state index < -0.39 is 0 Å². The number of aryl methyl sites for hydroxylation is 2. The summed E-state index contributed by atoms with van der Waals surface area (Å²) >= 11 is 13.0. The van der Waals surface area contributed by atoms with Crippen LogP contribution in [-0.2, 0) is 4.79 Å². The van der Waals surface area contributed by atoms with E-state index >= 15 is 0 Å². The first-order chi connectivity index (χ1) is 15.7. The summed E-state index contributed by atoms with van der Waals surface area (Å²) in [5.74, 6) is -0.156. The van der Waals surface area contributed by atoms with Crippen molar-refractivity contribution < 1.29 is 14.3 Å². The molecule has 9 heteroatoms. The van der Waals surface area contributed by atoms with Gasteiger partial charge in [0, 0.05) is 16.3 Å². The van der Waals surface area contributed by atoms with Crippen molar-refractivity contribution in [3.63, 3.8) is 0 Å². The van der Waals surface area contributed by atoms with Crippen molar-refractivity contribution in [2.24, 2.45) is 5.10 Å². The van der Waals surface area contributed by atoms with E-state index in [-0.39, 0.29) is 18.4 Å². The second kappa shape index (κ2) is 11.4. The summed E-state index contributed by atoms with van der Waals surface area (Å²) in [6, 6.07) is 16.0. The van der Waals surface area contributed by atoms with Crippen LogP contribution in [0.5, 0.6) is 5.75 Å². The van der Waals surface area contributed by atoms with E-state index in [1.807, 2.05) is 32.0 Å². The second-order valence-electron chi connectivity index (χ2n) is 7.18. The molecule has 0 atom stereocenters. The fourth-order valence-electron chi connectivity index (χ4n) is 2.73. The number of hydrazone groups is 1. The van der Waals surface area contributed by atoms with Crippen molar-refractivity contribution in [1.29, 1.82) is 0 Å². The minimum atomic E-state index is -0.321. The van der Waals surface area contributed by atoms with Crippen LogP contribution in [0.3, 0.4) is 0 Å². The molecule has 0 saturated heterocycles. The van der Waals surface area contributed by atoms with E-state index in [0.717, 1.165) is 11.1 Å². The lowest BCUT2D eigenvalue weighted by Gasteiger charge is -2.12. The molecule has 0 aromatic heterocycles. The molecule has 2 N–H and O–H groups in total. The molecule has 0 aliphatic carbocycles. The van der Waals surface area contributed by atoms with Crippen LogP contribution in [0.4, 0.5) is 5.69 Å². The Morgan fingerprint density at radius 3 is 2.33 bits per heavy atom. The SMILES string of the molecule is Cc1ccc(C(=O)N/N=C/c2cc(Br)c(OCC(=O)Nc3ccc(C)c(Cl)c3)c(Br)c2)cc1. The Morgan fingerprint density at radius 2 is 1.70 bits per heavy atom. The van der Waals surface area contributed by atoms with Crippen LogP contribution < -0.4 is 15.5 Å². The lowest BCUT2D eigenvalue weighted by Crippen LogP contribution is -2.20. The van der Waals surface area contributed by atoms with Crippen molar-refractivity contribution in [1.82, 2.24) is 5.43 Å². The number of nitrogens with zero attached hydrogens (tertiary/aromatic N) is 1. The maximum atomic E-state index is 12.2. The molecule has 0 fully saturated rings. The van der Waals surface area contributed by atoms with E-state index in [9.17, 15) is 9.59 Å². The highest BCUT2D eigenvalue weighted by Gasteiger charge is 2.12. The highest BCUT2D eigenvalue weighted by molar-refractivity contribution is 9.11. The fourth-order valence-corrected chi connectivity index (χ4v) is 4.36. The second-order valence-corrected chi connectivity index (χ2v) is 9.30. The zero-order chi connectivity index (χ0) is 24.0. The first-order valence-electron chi connectivity index (χ1n) is 9.81. The number of ether oxygens (including phenoxy) is 1. The largest absolute Gasteiger partial charge is 0.481 e. The maximum absolute atomic E-state index is 12.2. The van der Waals surface area contributed by atoms with Crippen molar-refractivity contribution in [3.8, 4) is 5.75 Å². The van der Waals surface area contributed by atoms with Crippen molar-refractivity contribution >= 4 is 67.2 Å². The summed E-state index contributed by atoms with van der Waals surface area (Å²) in [4.78, 5) is 24.4. The van der Waals surface area contributed by atoms with Gasteiger partial charge in [0.25, 0.3) is 11.8 Å². The minimum Gasteiger partial charge on any atom is -0.481 e. The van der Waals surface area contributed by atoms with Gasteiger partial charge in [-0.25, -0.2) is 5.43 Å². The number of hydrogen-bond donors (Lipinski definition) is 2. The Balaban J connectivity index is 1.58. The molecule has 3 aromatic rings. The van der Waals surface area contributed by atoms with Gasteiger partial charge in [0.05, 0.1) is 15.2 Å². The molecule has 0 aliphatic rings. The normalized spacial score (nSPS) is 10.8. The molecule has 0 bridgehead atoms. The summed E-state index contributed by atoms with van der Waals surface area (Å²) < 4.78 is 6.91. The molecule has 170 valence electrons. The van der Waals surface area contributed by atoms with Crippen molar-refractivity contribution in [2.45, 2.75) is 13.8 Å². The average molecular weight is 594 g/mol. The minimum absolute atomic E-state index is 0.192. The van der Waals surface area contributed by atoms with Crippen LogP contribution in [0.25, 0.3) is 0 Å². The van der Waals surface area contributed by atoms with Crippen LogP contribution >= 0.6 is 43.5 Å². The molecule has 0 saturated carbocycles. The number of carbonyl (C=O) groups excluding carboxylic acids is 2. The van der Waals surface area contributed by atoms with Gasteiger partial charge in [0.15, 0.2) is 6.61 Å². The van der Waals surface area contributed by atoms with Crippen molar-refractivity contribution in [2.75, 3.05) is 11.9 Å². The molecule has 33 heavy (non-hydrogen) atoms. The Bertz CT molecular complexity index is 1190. The molecular formula is C24H20Br2ClN3O3. The van der Waals surface area contributed by atoms with E-state index in [1.165, 1.54) is 6.21 Å². The van der Waals surface area contributed by atoms with Crippen LogP contribution in [0, 0.1) is 13.8 Å². The van der Waals surface area contributed by atoms with Gasteiger partial charge in [-0.1, -0.05) is 35.4 Å². The van der Waals surface area contributed by atoms with E-state index in [4.69, 9.17) is 16.3 Å². The Kier molecular flexibility index (Phi) is 8.66. The molecule has 3 aromatic carbocycles. The standard InChI is InChI=1S/C24H20Br2ClN3O3/c1-14-3-6-17(7-4-14)24(32)30-28-12-16-9-19(25)23(20(26)10-16)33-13-22(31)29-18-8-5-15(2)21(27)11-18/h3-12H,13H2,1-2H3,(H,29,31)(H,30,32)/b28-12+. The maximum Gasteiger partial charge on any atom is 0.271 e. The third kappa shape index (κ3) is 7.15. The molecule has 0 aliphatic heterocycles. The predicted molar refractivity (Wildman–Crippen MR) is 138 cm³/mol. The first kappa shape index (κ1) is 25.0. The molecular weight excluding hydrogens is 574 g/mol. The summed E-state index contributed by atoms with van der Waals surface area (Å²) in [7, 11) is 0. The van der Waals surface area contributed by atoms with E-state index in [2.05, 4.69) is 47.7 Å². The Labute approximate surface area is 213 Å². The number of anilines is 1. The fraction of sp³-hybridized carbons (Fsp3) is 0.125. The van der Waals surface area contributed by atoms with Gasteiger partial charge in [0.1, 0.15) is 5.75 Å². The van der Waals surface area contributed by atoms with Gasteiger partial charge in [-0.2, -0.15) is 5.10 Å². The number of benzene rings is 3. The number of amides is 2. The average Bonchev–Trinajstić information content (AvgIpc) is 2.76. The summed E-state index contributed by atoms with van der Waals surface area (Å²) in [6.07, 6.45) is 1.51. The van der Waals surface area contributed by atoms with Gasteiger partial charge in [0.2, 0.25) is 0 Å². The number of hydrogen-bond acceptors (Lipinski definition) is 4. The summed E-state index contributed by atoms with van der Waals surface area (Å²) in [5.41, 5.74) is 6.33. The zero-order valence-electron chi connectivity index (χ0n) is 17.8. The third-order valence-corrected chi connectivity index (χ3v) is 6.10. The van der Waals surface area contributed by atoms with Crippen LogP contribution in [0.2, 0.25) is 5.02 Å². The smallest absolute Gasteiger partial charge is 0.271 e.